The van der Waals surface area contributed by atoms with Gasteiger partial charge in [0.15, 0.2) is 0 Å². The fraction of sp³-hybridized carbons (Fsp3) is 1.00. The Bertz CT molecular complexity index is 104. The van der Waals surface area contributed by atoms with Gasteiger partial charge in [0.1, 0.15) is 0 Å². The van der Waals surface area contributed by atoms with Gasteiger partial charge in [-0.2, -0.15) is 0 Å². The quantitative estimate of drug-likeness (QED) is 0.503. The molecule has 0 amide bonds. The molecular formula is C10H22Ca. The van der Waals surface area contributed by atoms with E-state index in [0.29, 0.717) is 5.41 Å². The van der Waals surface area contributed by atoms with E-state index in [1.165, 1.54) is 32.1 Å². The molecule has 0 nitrogen and oxygen atoms in total. The fourth-order valence-electron chi connectivity index (χ4n) is 1.97. The third-order valence-electron chi connectivity index (χ3n) is 2.83. The molecular weight excluding hydrogens is 160 g/mol. The summed E-state index contributed by atoms with van der Waals surface area (Å²) >= 11 is 0. The minimum absolute atomic E-state index is 0. The van der Waals surface area contributed by atoms with Crippen LogP contribution in [0.15, 0.2) is 0 Å². The molecule has 0 unspecified atom stereocenters. The van der Waals surface area contributed by atoms with Gasteiger partial charge in [0.25, 0.3) is 0 Å². The minimum Gasteiger partial charge on any atom is -1.00 e. The van der Waals surface area contributed by atoms with Gasteiger partial charge in [-0.15, -0.1) is 0 Å². The molecule has 0 heterocycles. The summed E-state index contributed by atoms with van der Waals surface area (Å²) in [5, 5.41) is 0. The topological polar surface area (TPSA) is 0 Å². The first-order chi connectivity index (χ1) is 4.61. The molecule has 1 aliphatic rings. The molecule has 1 aliphatic carbocycles. The largest absolute Gasteiger partial charge is 2.00 e. The maximum absolute atomic E-state index is 2.38. The van der Waals surface area contributed by atoms with Gasteiger partial charge < -0.3 is 2.85 Å². The third kappa shape index (κ3) is 4.15. The Balaban J connectivity index is -0.000000333. The monoisotopic (exact) mass is 182 g/mol. The molecule has 0 aromatic carbocycles. The number of rotatable bonds is 0. The summed E-state index contributed by atoms with van der Waals surface area (Å²) in [7, 11) is 0. The van der Waals surface area contributed by atoms with Crippen molar-refractivity contribution in [2.75, 3.05) is 0 Å². The molecule has 1 heteroatoms. The third-order valence-corrected chi connectivity index (χ3v) is 2.83. The zero-order chi connectivity index (χ0) is 7.61. The molecule has 0 aliphatic heterocycles. The Hall–Kier alpha value is 1.26. The standard InChI is InChI=1S/C10H20.Ca.2H/c1-10(2,3)9-7-5-4-6-8-9;;;/h9H,4-8H2,1-3H3;;;/q;+2;2*-1. The second kappa shape index (κ2) is 5.09. The Labute approximate surface area is 104 Å². The van der Waals surface area contributed by atoms with E-state index < -0.39 is 0 Å². The Kier molecular flexibility index (Phi) is 5.67. The zero-order valence-electron chi connectivity index (χ0n) is 10.3. The molecule has 0 spiro atoms. The van der Waals surface area contributed by atoms with E-state index in [2.05, 4.69) is 20.8 Å². The molecule has 1 rings (SSSR count). The molecule has 0 saturated heterocycles. The molecule has 0 bridgehead atoms. The summed E-state index contributed by atoms with van der Waals surface area (Å²) in [4.78, 5) is 0. The van der Waals surface area contributed by atoms with Crippen LogP contribution in [-0.2, 0) is 0 Å². The van der Waals surface area contributed by atoms with Crippen LogP contribution in [0.5, 0.6) is 0 Å². The summed E-state index contributed by atoms with van der Waals surface area (Å²) in [5.74, 6) is 1.00. The smallest absolute Gasteiger partial charge is 1.00 e. The first kappa shape index (κ1) is 12.3. The molecule has 0 aromatic heterocycles. The van der Waals surface area contributed by atoms with E-state index in [-0.39, 0.29) is 40.6 Å². The van der Waals surface area contributed by atoms with Gasteiger partial charge in [-0.05, 0) is 24.2 Å². The molecule has 0 atom stereocenters. The Morgan fingerprint density at radius 3 is 1.73 bits per heavy atom. The van der Waals surface area contributed by atoms with E-state index in [1.807, 2.05) is 0 Å². The number of hydrogen-bond donors (Lipinski definition) is 0. The maximum Gasteiger partial charge on any atom is 2.00 e. The van der Waals surface area contributed by atoms with Gasteiger partial charge >= 0.3 is 37.7 Å². The van der Waals surface area contributed by atoms with Crippen LogP contribution < -0.4 is 0 Å². The maximum atomic E-state index is 2.38. The minimum atomic E-state index is 0. The predicted octanol–water partition coefficient (Wildman–Crippen LogP) is 3.46. The van der Waals surface area contributed by atoms with E-state index in [9.17, 15) is 0 Å². The van der Waals surface area contributed by atoms with Crippen molar-refractivity contribution in [3.8, 4) is 0 Å². The van der Waals surface area contributed by atoms with Crippen molar-refractivity contribution in [1.82, 2.24) is 0 Å². The van der Waals surface area contributed by atoms with E-state index in [0.717, 1.165) is 5.92 Å². The van der Waals surface area contributed by atoms with Crippen molar-refractivity contribution >= 4 is 37.7 Å². The fourth-order valence-corrected chi connectivity index (χ4v) is 1.97. The zero-order valence-corrected chi connectivity index (χ0v) is 10.5. The summed E-state index contributed by atoms with van der Waals surface area (Å²) < 4.78 is 0. The van der Waals surface area contributed by atoms with Crippen LogP contribution in [0.1, 0.15) is 55.7 Å². The van der Waals surface area contributed by atoms with Crippen LogP contribution in [0.4, 0.5) is 0 Å². The van der Waals surface area contributed by atoms with Crippen LogP contribution in [0.3, 0.4) is 0 Å². The Morgan fingerprint density at radius 2 is 1.45 bits per heavy atom. The summed E-state index contributed by atoms with van der Waals surface area (Å²) in [6.45, 7) is 7.13. The average Bonchev–Trinajstić information content (AvgIpc) is 1.88. The first-order valence-electron chi connectivity index (χ1n) is 4.61. The summed E-state index contributed by atoms with van der Waals surface area (Å²) in [6, 6.07) is 0. The van der Waals surface area contributed by atoms with Gasteiger partial charge in [0, 0.05) is 0 Å². The van der Waals surface area contributed by atoms with E-state index in [1.54, 1.807) is 0 Å². The Morgan fingerprint density at radius 1 is 1.00 bits per heavy atom. The SMILES string of the molecule is CC(C)(C)C1CCCCC1.[Ca+2].[H-].[H-]. The average molecular weight is 182 g/mol. The first-order valence-corrected chi connectivity index (χ1v) is 4.61. The molecule has 1 saturated carbocycles. The van der Waals surface area contributed by atoms with Gasteiger partial charge in [-0.3, -0.25) is 0 Å². The van der Waals surface area contributed by atoms with E-state index >= 15 is 0 Å². The van der Waals surface area contributed by atoms with E-state index in [4.69, 9.17) is 0 Å². The molecule has 0 radical (unpaired) electrons. The van der Waals surface area contributed by atoms with Gasteiger partial charge in [-0.25, -0.2) is 0 Å². The van der Waals surface area contributed by atoms with Crippen molar-refractivity contribution in [2.45, 2.75) is 52.9 Å². The van der Waals surface area contributed by atoms with Crippen LogP contribution in [0.2, 0.25) is 0 Å². The van der Waals surface area contributed by atoms with Crippen molar-refractivity contribution in [2.24, 2.45) is 11.3 Å². The van der Waals surface area contributed by atoms with Crippen molar-refractivity contribution in [1.29, 1.82) is 0 Å². The normalized spacial score (nSPS) is 21.0. The molecule has 11 heavy (non-hydrogen) atoms. The van der Waals surface area contributed by atoms with Crippen LogP contribution >= 0.6 is 0 Å². The predicted molar refractivity (Wildman–Crippen MR) is 54.0 cm³/mol. The van der Waals surface area contributed by atoms with Gasteiger partial charge in [-0.1, -0.05) is 40.0 Å². The molecule has 0 N–H and O–H groups in total. The molecule has 64 valence electrons. The second-order valence-corrected chi connectivity index (χ2v) is 4.70. The van der Waals surface area contributed by atoms with Crippen LogP contribution in [-0.4, -0.2) is 37.7 Å². The summed E-state index contributed by atoms with van der Waals surface area (Å²) in [5.41, 5.74) is 0.570. The van der Waals surface area contributed by atoms with Crippen molar-refractivity contribution in [3.63, 3.8) is 0 Å². The molecule has 1 fully saturated rings. The number of hydrogen-bond acceptors (Lipinski definition) is 0. The van der Waals surface area contributed by atoms with Crippen molar-refractivity contribution in [3.05, 3.63) is 0 Å². The van der Waals surface area contributed by atoms with Gasteiger partial charge in [0.05, 0.1) is 0 Å². The molecule has 0 aromatic rings. The van der Waals surface area contributed by atoms with Crippen LogP contribution in [0.25, 0.3) is 0 Å². The van der Waals surface area contributed by atoms with Crippen molar-refractivity contribution < 1.29 is 2.85 Å². The second-order valence-electron chi connectivity index (χ2n) is 4.70. The van der Waals surface area contributed by atoms with Crippen LogP contribution in [0, 0.1) is 11.3 Å². The summed E-state index contributed by atoms with van der Waals surface area (Å²) in [6.07, 6.45) is 7.38. The van der Waals surface area contributed by atoms with Gasteiger partial charge in [0.2, 0.25) is 0 Å².